The molecular formula is C24H41O3. The lowest BCUT2D eigenvalue weighted by Gasteiger charge is -2.63. The minimum absolute atomic E-state index is 0.0153. The quantitative estimate of drug-likeness (QED) is 0.587. The molecule has 155 valence electrons. The predicted molar refractivity (Wildman–Crippen MR) is 107 cm³/mol. The van der Waals surface area contributed by atoms with Gasteiger partial charge in [0.2, 0.25) is 0 Å². The molecule has 3 heteroatoms. The number of rotatable bonds is 3. The Kier molecular flexibility index (Phi) is 5.01. The van der Waals surface area contributed by atoms with E-state index in [-0.39, 0.29) is 12.5 Å². The van der Waals surface area contributed by atoms with Crippen molar-refractivity contribution in [3.8, 4) is 0 Å². The Labute approximate surface area is 165 Å². The second kappa shape index (κ2) is 6.71. The molecule has 0 spiro atoms. The van der Waals surface area contributed by atoms with Gasteiger partial charge in [0, 0.05) is 11.8 Å². The average Bonchev–Trinajstić information content (AvgIpc) is 2.97. The molecule has 4 rings (SSSR count). The van der Waals surface area contributed by atoms with E-state index in [1.807, 2.05) is 0 Å². The van der Waals surface area contributed by atoms with Gasteiger partial charge in [0.15, 0.2) is 11.9 Å². The monoisotopic (exact) mass is 377 g/mol. The maximum Gasteiger partial charge on any atom is 0.196 e. The van der Waals surface area contributed by atoms with Crippen molar-refractivity contribution in [2.45, 2.75) is 97.7 Å². The van der Waals surface area contributed by atoms with Gasteiger partial charge >= 0.3 is 0 Å². The first-order valence-electron chi connectivity index (χ1n) is 11.7. The standard InChI is InChI=1S/C24H41O3/c1-5-6-15(2)18-9-10-19-17-8-7-16-11-14-24(26,27)21(25)23(16,4)20(17)12-13-22(18,19)3/h15-20,25-27H,5-14H2,1-4H3/t15-,16-,17+,18-,19+,20+,22-,23+/m1/s1. The minimum Gasteiger partial charge on any atom is -0.380 e. The van der Waals surface area contributed by atoms with E-state index in [0.29, 0.717) is 23.2 Å². The Balaban J connectivity index is 1.62. The highest BCUT2D eigenvalue weighted by molar-refractivity contribution is 5.19. The molecule has 0 saturated heterocycles. The summed E-state index contributed by atoms with van der Waals surface area (Å²) in [5.41, 5.74) is 0.0257. The smallest absolute Gasteiger partial charge is 0.196 e. The number of aliphatic hydroxyl groups excluding tert-OH is 1. The number of aliphatic hydroxyl groups is 3. The van der Waals surface area contributed by atoms with Gasteiger partial charge < -0.3 is 15.3 Å². The van der Waals surface area contributed by atoms with Gasteiger partial charge in [-0.2, -0.15) is 0 Å². The predicted octanol–water partition coefficient (Wildman–Crippen LogP) is 5.28. The minimum atomic E-state index is -1.98. The van der Waals surface area contributed by atoms with E-state index in [0.717, 1.165) is 37.0 Å². The molecule has 0 heterocycles. The summed E-state index contributed by atoms with van der Waals surface area (Å²) in [6.07, 6.45) is 11.2. The van der Waals surface area contributed by atoms with Crippen LogP contribution in [0.25, 0.3) is 0 Å². The van der Waals surface area contributed by atoms with Crippen LogP contribution in [0.4, 0.5) is 0 Å². The summed E-state index contributed by atoms with van der Waals surface area (Å²) in [6, 6.07) is 0. The van der Waals surface area contributed by atoms with Crippen LogP contribution in [0, 0.1) is 52.4 Å². The first kappa shape index (κ1) is 20.2. The van der Waals surface area contributed by atoms with E-state index >= 15 is 0 Å². The molecule has 8 atom stereocenters. The highest BCUT2D eigenvalue weighted by Crippen LogP contribution is 2.70. The lowest BCUT2D eigenvalue weighted by Crippen LogP contribution is -2.61. The van der Waals surface area contributed by atoms with Crippen molar-refractivity contribution in [2.24, 2.45) is 46.3 Å². The van der Waals surface area contributed by atoms with Crippen molar-refractivity contribution >= 4 is 0 Å². The second-order valence-electron chi connectivity index (χ2n) is 11.1. The maximum atomic E-state index is 11.0. The first-order chi connectivity index (χ1) is 12.7. The Morgan fingerprint density at radius 3 is 2.41 bits per heavy atom. The van der Waals surface area contributed by atoms with Crippen LogP contribution in [-0.4, -0.2) is 21.1 Å². The largest absolute Gasteiger partial charge is 0.380 e. The van der Waals surface area contributed by atoms with Crippen molar-refractivity contribution in [1.82, 2.24) is 0 Å². The maximum absolute atomic E-state index is 11.0. The number of fused-ring (bicyclic) bond motifs is 5. The van der Waals surface area contributed by atoms with Crippen LogP contribution in [0.2, 0.25) is 0 Å². The second-order valence-corrected chi connectivity index (χ2v) is 11.1. The molecule has 4 aliphatic carbocycles. The molecule has 4 saturated carbocycles. The zero-order valence-electron chi connectivity index (χ0n) is 17.9. The molecule has 0 aromatic carbocycles. The lowest BCUT2D eigenvalue weighted by atomic mass is 9.43. The molecule has 0 amide bonds. The summed E-state index contributed by atoms with van der Waals surface area (Å²) < 4.78 is 0. The van der Waals surface area contributed by atoms with Gasteiger partial charge in [-0.15, -0.1) is 0 Å². The molecule has 0 aromatic heterocycles. The van der Waals surface area contributed by atoms with Gasteiger partial charge in [0.1, 0.15) is 0 Å². The van der Waals surface area contributed by atoms with E-state index in [1.165, 1.54) is 38.5 Å². The van der Waals surface area contributed by atoms with E-state index in [2.05, 4.69) is 27.7 Å². The van der Waals surface area contributed by atoms with Crippen LogP contribution < -0.4 is 0 Å². The van der Waals surface area contributed by atoms with Crippen LogP contribution in [-0.2, 0) is 0 Å². The molecule has 0 unspecified atom stereocenters. The third-order valence-electron chi connectivity index (χ3n) is 10.1. The van der Waals surface area contributed by atoms with Gasteiger partial charge in [0.25, 0.3) is 0 Å². The van der Waals surface area contributed by atoms with E-state index in [9.17, 15) is 15.3 Å². The fourth-order valence-electron chi connectivity index (χ4n) is 8.80. The molecule has 1 radical (unpaired) electrons. The van der Waals surface area contributed by atoms with Crippen molar-refractivity contribution in [3.63, 3.8) is 0 Å². The fourth-order valence-corrected chi connectivity index (χ4v) is 8.80. The summed E-state index contributed by atoms with van der Waals surface area (Å²) in [4.78, 5) is 0. The molecule has 3 nitrogen and oxygen atoms in total. The fraction of sp³-hybridized carbons (Fsp3) is 0.958. The highest BCUT2D eigenvalue weighted by atomic mass is 16.5. The molecule has 4 fully saturated rings. The molecule has 3 N–H and O–H groups in total. The van der Waals surface area contributed by atoms with Gasteiger partial charge in [-0.1, -0.05) is 40.5 Å². The summed E-state index contributed by atoms with van der Waals surface area (Å²) in [7, 11) is 0. The number of hydrogen-bond acceptors (Lipinski definition) is 3. The van der Waals surface area contributed by atoms with E-state index in [1.54, 1.807) is 0 Å². The summed E-state index contributed by atoms with van der Waals surface area (Å²) in [5, 5.41) is 31.8. The molecular weight excluding hydrogens is 336 g/mol. The van der Waals surface area contributed by atoms with Gasteiger partial charge in [0.05, 0.1) is 0 Å². The number of hydrogen-bond donors (Lipinski definition) is 3. The Hall–Kier alpha value is -0.120. The van der Waals surface area contributed by atoms with Crippen molar-refractivity contribution < 1.29 is 15.3 Å². The molecule has 0 aromatic rings. The van der Waals surface area contributed by atoms with Crippen molar-refractivity contribution in [1.29, 1.82) is 0 Å². The summed E-state index contributed by atoms with van der Waals surface area (Å²) in [5.74, 6) is 1.88. The SMILES string of the molecule is CCC[C@@H](C)[C@H]1CC[C@H]2[C@@H]3CC[C@@H]4CCC(O)(O)[C](O)[C@]4(C)[C@H]3CC[C@]12C. The van der Waals surface area contributed by atoms with Crippen molar-refractivity contribution in [2.75, 3.05) is 0 Å². The van der Waals surface area contributed by atoms with E-state index < -0.39 is 11.2 Å². The first-order valence-corrected chi connectivity index (χ1v) is 11.7. The average molecular weight is 378 g/mol. The Morgan fingerprint density at radius 1 is 0.963 bits per heavy atom. The van der Waals surface area contributed by atoms with Crippen LogP contribution in [0.5, 0.6) is 0 Å². The van der Waals surface area contributed by atoms with Crippen LogP contribution in [0.1, 0.15) is 91.9 Å². The highest BCUT2D eigenvalue weighted by Gasteiger charge is 2.65. The topological polar surface area (TPSA) is 60.7 Å². The van der Waals surface area contributed by atoms with Gasteiger partial charge in [-0.05, 0) is 85.9 Å². The molecule has 0 bridgehead atoms. The molecule has 0 aliphatic heterocycles. The summed E-state index contributed by atoms with van der Waals surface area (Å²) in [6.45, 7) is 9.50. The Bertz CT molecular complexity index is 560. The summed E-state index contributed by atoms with van der Waals surface area (Å²) >= 11 is 0. The molecule has 27 heavy (non-hydrogen) atoms. The van der Waals surface area contributed by atoms with Gasteiger partial charge in [-0.25, -0.2) is 0 Å². The van der Waals surface area contributed by atoms with Crippen LogP contribution in [0.3, 0.4) is 0 Å². The van der Waals surface area contributed by atoms with Crippen molar-refractivity contribution in [3.05, 3.63) is 6.10 Å². The Morgan fingerprint density at radius 2 is 1.70 bits per heavy atom. The molecule has 4 aliphatic rings. The zero-order valence-corrected chi connectivity index (χ0v) is 17.9. The normalized spacial score (nSPS) is 50.6. The zero-order chi connectivity index (χ0) is 19.6. The van der Waals surface area contributed by atoms with Crippen LogP contribution >= 0.6 is 0 Å². The van der Waals surface area contributed by atoms with E-state index in [4.69, 9.17) is 0 Å². The van der Waals surface area contributed by atoms with Gasteiger partial charge in [-0.3, -0.25) is 0 Å². The van der Waals surface area contributed by atoms with Crippen LogP contribution in [0.15, 0.2) is 0 Å². The third-order valence-corrected chi connectivity index (χ3v) is 10.1. The third kappa shape index (κ3) is 2.78. The lowest BCUT2D eigenvalue weighted by molar-refractivity contribution is -0.257.